The Morgan fingerprint density at radius 3 is 2.22 bits per heavy atom. The van der Waals surface area contributed by atoms with E-state index in [1.807, 2.05) is 20.8 Å². The van der Waals surface area contributed by atoms with Crippen molar-refractivity contribution in [2.75, 3.05) is 5.73 Å². The van der Waals surface area contributed by atoms with Crippen LogP contribution in [0.3, 0.4) is 0 Å². The molecule has 0 bridgehead atoms. The number of rotatable bonds is 3. The zero-order valence-corrected chi connectivity index (χ0v) is 15.5. The van der Waals surface area contributed by atoms with Crippen LogP contribution in [0.5, 0.6) is 0 Å². The Balaban J connectivity index is 2.29. The molecule has 0 aliphatic rings. The van der Waals surface area contributed by atoms with Crippen LogP contribution in [0.1, 0.15) is 36.7 Å². The lowest BCUT2D eigenvalue weighted by molar-refractivity contribution is -0.136. The fraction of sp³-hybridized carbons (Fsp3) is 0.278. The molecule has 9 heteroatoms. The molecule has 5 nitrogen and oxygen atoms in total. The highest BCUT2D eigenvalue weighted by Crippen LogP contribution is 2.45. The van der Waals surface area contributed by atoms with Crippen molar-refractivity contribution in [2.24, 2.45) is 0 Å². The second kappa shape index (κ2) is 6.84. The molecule has 0 saturated heterocycles. The molecular formula is C18H16ClF3N4O. The van der Waals surface area contributed by atoms with Crippen molar-refractivity contribution in [3.63, 3.8) is 0 Å². The van der Waals surface area contributed by atoms with Crippen molar-refractivity contribution < 1.29 is 17.7 Å². The number of aryl methyl sites for hydroxylation is 1. The summed E-state index contributed by atoms with van der Waals surface area (Å²) in [6, 6.07) is 6.45. The molecule has 142 valence electrons. The predicted molar refractivity (Wildman–Crippen MR) is 96.2 cm³/mol. The zero-order chi connectivity index (χ0) is 19.9. The summed E-state index contributed by atoms with van der Waals surface area (Å²) in [5.74, 6) is 0.264. The number of anilines is 1. The summed E-state index contributed by atoms with van der Waals surface area (Å²) < 4.78 is 46.1. The van der Waals surface area contributed by atoms with Crippen LogP contribution in [0, 0.1) is 6.92 Å². The molecule has 0 fully saturated rings. The van der Waals surface area contributed by atoms with E-state index in [2.05, 4.69) is 15.1 Å². The van der Waals surface area contributed by atoms with Crippen molar-refractivity contribution in [1.29, 1.82) is 0 Å². The lowest BCUT2D eigenvalue weighted by Gasteiger charge is -2.17. The van der Waals surface area contributed by atoms with Gasteiger partial charge in [0.2, 0.25) is 0 Å². The molecule has 0 aliphatic carbocycles. The molecule has 0 amide bonds. The van der Waals surface area contributed by atoms with Crippen molar-refractivity contribution >= 4 is 17.3 Å². The Kier molecular flexibility index (Phi) is 4.86. The number of hydrogen-bond acceptors (Lipinski definition) is 5. The fourth-order valence-corrected chi connectivity index (χ4v) is 2.71. The second-order valence-electron chi connectivity index (χ2n) is 6.39. The average molecular weight is 397 g/mol. The van der Waals surface area contributed by atoms with Gasteiger partial charge in [0.25, 0.3) is 5.89 Å². The lowest BCUT2D eigenvalue weighted by atomic mass is 10.0. The Labute approximate surface area is 158 Å². The van der Waals surface area contributed by atoms with Gasteiger partial charge in [-0.25, -0.2) is 4.98 Å². The molecular weight excluding hydrogens is 381 g/mol. The Morgan fingerprint density at radius 1 is 1.07 bits per heavy atom. The van der Waals surface area contributed by atoms with E-state index in [1.54, 1.807) is 12.1 Å². The molecule has 2 N–H and O–H groups in total. The van der Waals surface area contributed by atoms with Gasteiger partial charge in [-0.2, -0.15) is 18.2 Å². The van der Waals surface area contributed by atoms with E-state index in [-0.39, 0.29) is 33.8 Å². The molecule has 0 radical (unpaired) electrons. The maximum absolute atomic E-state index is 13.7. The summed E-state index contributed by atoms with van der Waals surface area (Å²) in [7, 11) is 0. The Morgan fingerprint density at radius 2 is 1.70 bits per heavy atom. The maximum Gasteiger partial charge on any atom is 0.420 e. The van der Waals surface area contributed by atoms with Gasteiger partial charge in [0.1, 0.15) is 11.3 Å². The Hall–Kier alpha value is -2.61. The number of nitrogen functional groups attached to an aromatic ring is 1. The smallest absolute Gasteiger partial charge is 0.397 e. The van der Waals surface area contributed by atoms with E-state index in [9.17, 15) is 13.2 Å². The zero-order valence-electron chi connectivity index (χ0n) is 14.7. The first-order valence-corrected chi connectivity index (χ1v) is 8.44. The van der Waals surface area contributed by atoms with Gasteiger partial charge in [0.15, 0.2) is 5.82 Å². The molecule has 3 rings (SSSR count). The number of alkyl halides is 3. The van der Waals surface area contributed by atoms with E-state index < -0.39 is 17.4 Å². The summed E-state index contributed by atoms with van der Waals surface area (Å²) in [5.41, 5.74) is 4.75. The van der Waals surface area contributed by atoms with Crippen LogP contribution >= 0.6 is 11.6 Å². The first-order chi connectivity index (χ1) is 12.6. The van der Waals surface area contributed by atoms with Crippen LogP contribution in [0.2, 0.25) is 5.02 Å². The highest BCUT2D eigenvalue weighted by atomic mass is 35.5. The summed E-state index contributed by atoms with van der Waals surface area (Å²) in [6.07, 6.45) is -4.74. The third-order valence-corrected chi connectivity index (χ3v) is 4.33. The van der Waals surface area contributed by atoms with E-state index in [0.717, 1.165) is 5.56 Å². The molecule has 0 saturated carbocycles. The summed E-state index contributed by atoms with van der Waals surface area (Å²) in [5, 5.41) is 3.42. The van der Waals surface area contributed by atoms with Gasteiger partial charge in [-0.15, -0.1) is 0 Å². The maximum atomic E-state index is 13.7. The standard InChI is InChI=1S/C18H16ClF3N4O/c1-8(2)16-25-17(27-26-16)15-12(19)13(23)11(18(20,21)22)14(24-15)10-6-4-9(3)5-7-10/h4-8H,1-3H3,(H2,23,24). The summed E-state index contributed by atoms with van der Waals surface area (Å²) in [4.78, 5) is 8.28. The van der Waals surface area contributed by atoms with Gasteiger partial charge < -0.3 is 10.3 Å². The van der Waals surface area contributed by atoms with E-state index >= 15 is 0 Å². The first kappa shape index (κ1) is 19.2. The lowest BCUT2D eigenvalue weighted by Crippen LogP contribution is -2.14. The van der Waals surface area contributed by atoms with Crippen molar-refractivity contribution in [2.45, 2.75) is 32.9 Å². The number of halogens is 4. The third kappa shape index (κ3) is 3.62. The van der Waals surface area contributed by atoms with Crippen molar-refractivity contribution in [1.82, 2.24) is 15.1 Å². The van der Waals surface area contributed by atoms with Crippen LogP contribution in [-0.4, -0.2) is 15.1 Å². The highest BCUT2D eigenvalue weighted by molar-refractivity contribution is 6.35. The van der Waals surface area contributed by atoms with Crippen LogP contribution in [0.25, 0.3) is 22.8 Å². The number of hydrogen-bond donors (Lipinski definition) is 1. The summed E-state index contributed by atoms with van der Waals surface area (Å²) >= 11 is 6.10. The molecule has 3 aromatic rings. The number of nitrogens with zero attached hydrogens (tertiary/aromatic N) is 3. The largest absolute Gasteiger partial charge is 0.420 e. The topological polar surface area (TPSA) is 77.8 Å². The number of aromatic nitrogens is 3. The molecule has 0 aliphatic heterocycles. The van der Waals surface area contributed by atoms with E-state index in [1.165, 1.54) is 12.1 Å². The van der Waals surface area contributed by atoms with Gasteiger partial charge in [-0.05, 0) is 6.92 Å². The quantitative estimate of drug-likeness (QED) is 0.633. The molecule has 0 spiro atoms. The number of pyridine rings is 1. The van der Waals surface area contributed by atoms with Gasteiger partial charge in [0.05, 0.1) is 16.4 Å². The minimum atomic E-state index is -4.74. The fourth-order valence-electron chi connectivity index (χ4n) is 2.50. The molecule has 2 aromatic heterocycles. The van der Waals surface area contributed by atoms with Crippen LogP contribution in [-0.2, 0) is 6.18 Å². The normalized spacial score (nSPS) is 12.0. The van der Waals surface area contributed by atoms with E-state index in [4.69, 9.17) is 21.9 Å². The highest BCUT2D eigenvalue weighted by Gasteiger charge is 2.39. The van der Waals surface area contributed by atoms with Gasteiger partial charge in [-0.1, -0.05) is 60.4 Å². The minimum absolute atomic E-state index is 0.0374. The second-order valence-corrected chi connectivity index (χ2v) is 6.77. The van der Waals surface area contributed by atoms with Gasteiger partial charge >= 0.3 is 6.18 Å². The van der Waals surface area contributed by atoms with Crippen molar-refractivity contribution in [3.05, 3.63) is 46.2 Å². The SMILES string of the molecule is Cc1ccc(-c2nc(-c3nc(C(C)C)no3)c(Cl)c(N)c2C(F)(F)F)cc1. The minimum Gasteiger partial charge on any atom is -0.397 e. The molecule has 0 unspecified atom stereocenters. The van der Waals surface area contributed by atoms with Crippen LogP contribution < -0.4 is 5.73 Å². The molecule has 0 atom stereocenters. The monoisotopic (exact) mass is 396 g/mol. The van der Waals surface area contributed by atoms with Gasteiger partial charge in [-0.3, -0.25) is 0 Å². The number of benzene rings is 1. The van der Waals surface area contributed by atoms with Crippen LogP contribution in [0.4, 0.5) is 18.9 Å². The average Bonchev–Trinajstić information content (AvgIpc) is 3.06. The summed E-state index contributed by atoms with van der Waals surface area (Å²) in [6.45, 7) is 5.53. The van der Waals surface area contributed by atoms with E-state index in [0.29, 0.717) is 5.82 Å². The Bertz CT molecular complexity index is 982. The third-order valence-electron chi connectivity index (χ3n) is 3.94. The van der Waals surface area contributed by atoms with Crippen molar-refractivity contribution in [3.8, 4) is 22.8 Å². The predicted octanol–water partition coefficient (Wildman–Crippen LogP) is 5.48. The molecule has 2 heterocycles. The molecule has 1 aromatic carbocycles. The first-order valence-electron chi connectivity index (χ1n) is 8.06. The molecule has 27 heavy (non-hydrogen) atoms. The number of nitrogens with two attached hydrogens (primary N) is 1. The van der Waals surface area contributed by atoms with Crippen LogP contribution in [0.15, 0.2) is 28.8 Å². The van der Waals surface area contributed by atoms with Gasteiger partial charge in [0, 0.05) is 11.5 Å².